The number of anilines is 1. The van der Waals surface area contributed by atoms with Crippen LogP contribution in [-0.2, 0) is 0 Å². The van der Waals surface area contributed by atoms with Crippen LogP contribution in [0.1, 0.15) is 16.2 Å². The molecule has 0 spiro atoms. The van der Waals surface area contributed by atoms with E-state index in [4.69, 9.17) is 4.74 Å². The number of rotatable bonds is 4. The van der Waals surface area contributed by atoms with Gasteiger partial charge in [0.1, 0.15) is 11.5 Å². The number of carbonyl (C=O) groups excluding carboxylic acids is 1. The van der Waals surface area contributed by atoms with Crippen molar-refractivity contribution in [1.29, 1.82) is 0 Å². The Hall–Kier alpha value is -3.42. The Morgan fingerprint density at radius 2 is 1.96 bits per heavy atom. The molecule has 1 N–H and O–H groups in total. The number of nitrogens with zero attached hydrogens (tertiary/aromatic N) is 4. The molecular formula is C16H12FN5O2. The summed E-state index contributed by atoms with van der Waals surface area (Å²) in [6.45, 7) is 1.79. The molecule has 0 aliphatic heterocycles. The lowest BCUT2D eigenvalue weighted by Gasteiger charge is -2.07. The van der Waals surface area contributed by atoms with Crippen LogP contribution in [0.3, 0.4) is 0 Å². The molecule has 3 heterocycles. The Morgan fingerprint density at radius 1 is 1.12 bits per heavy atom. The fourth-order valence-electron chi connectivity index (χ4n) is 1.88. The van der Waals surface area contributed by atoms with Crippen molar-refractivity contribution in [3.63, 3.8) is 0 Å². The van der Waals surface area contributed by atoms with Crippen molar-refractivity contribution < 1.29 is 13.9 Å². The van der Waals surface area contributed by atoms with Crippen LogP contribution in [0, 0.1) is 12.7 Å². The van der Waals surface area contributed by atoms with E-state index in [0.717, 1.165) is 18.0 Å². The second-order valence-electron chi connectivity index (χ2n) is 4.80. The summed E-state index contributed by atoms with van der Waals surface area (Å²) in [6, 6.07) is 6.28. The fourth-order valence-corrected chi connectivity index (χ4v) is 1.88. The number of ether oxygens (including phenoxy) is 1. The standard InChI is InChI=1S/C16H12FN5O2/c1-10-3-2-4-13(20-10)16(23)22-14-8-19-9-15(21-14)24-12-5-11(17)6-18-7-12/h2-9H,1H3,(H,21,22,23). The molecule has 24 heavy (non-hydrogen) atoms. The normalized spacial score (nSPS) is 10.2. The molecule has 3 aromatic heterocycles. The number of amides is 1. The van der Waals surface area contributed by atoms with E-state index >= 15 is 0 Å². The Bertz CT molecular complexity index is 888. The number of carbonyl (C=O) groups is 1. The summed E-state index contributed by atoms with van der Waals surface area (Å²) < 4.78 is 18.5. The third-order valence-electron chi connectivity index (χ3n) is 2.88. The summed E-state index contributed by atoms with van der Waals surface area (Å²) in [5.74, 6) is -0.497. The van der Waals surface area contributed by atoms with Gasteiger partial charge in [0.25, 0.3) is 5.91 Å². The number of hydrogen-bond donors (Lipinski definition) is 1. The van der Waals surface area contributed by atoms with E-state index in [1.807, 2.05) is 0 Å². The highest BCUT2D eigenvalue weighted by Crippen LogP contribution is 2.19. The van der Waals surface area contributed by atoms with E-state index in [1.54, 1.807) is 25.1 Å². The lowest BCUT2D eigenvalue weighted by Crippen LogP contribution is -2.15. The highest BCUT2D eigenvalue weighted by Gasteiger charge is 2.10. The van der Waals surface area contributed by atoms with E-state index < -0.39 is 11.7 Å². The first-order valence-corrected chi connectivity index (χ1v) is 6.95. The zero-order chi connectivity index (χ0) is 16.9. The van der Waals surface area contributed by atoms with Crippen LogP contribution in [0.5, 0.6) is 11.6 Å². The molecule has 7 nitrogen and oxygen atoms in total. The van der Waals surface area contributed by atoms with Crippen molar-refractivity contribution in [3.05, 3.63) is 66.3 Å². The van der Waals surface area contributed by atoms with E-state index in [-0.39, 0.29) is 23.1 Å². The molecule has 0 bridgehead atoms. The van der Waals surface area contributed by atoms with Gasteiger partial charge in [0, 0.05) is 11.8 Å². The second kappa shape index (κ2) is 6.78. The molecule has 1 amide bonds. The van der Waals surface area contributed by atoms with Gasteiger partial charge in [-0.25, -0.2) is 9.37 Å². The van der Waals surface area contributed by atoms with Gasteiger partial charge in [-0.2, -0.15) is 4.98 Å². The van der Waals surface area contributed by atoms with Gasteiger partial charge in [0.15, 0.2) is 11.6 Å². The minimum absolute atomic E-state index is 0.0948. The minimum atomic E-state index is -0.532. The van der Waals surface area contributed by atoms with Gasteiger partial charge in [0.05, 0.1) is 24.8 Å². The first-order chi connectivity index (χ1) is 11.6. The molecule has 3 rings (SSSR count). The number of halogens is 1. The molecule has 0 atom stereocenters. The van der Waals surface area contributed by atoms with E-state index in [0.29, 0.717) is 0 Å². The smallest absolute Gasteiger partial charge is 0.275 e. The zero-order valence-electron chi connectivity index (χ0n) is 12.6. The molecule has 0 saturated carbocycles. The molecular weight excluding hydrogens is 313 g/mol. The van der Waals surface area contributed by atoms with E-state index in [1.165, 1.54) is 18.6 Å². The molecule has 0 aromatic carbocycles. The summed E-state index contributed by atoms with van der Waals surface area (Å²) in [4.78, 5) is 28.0. The van der Waals surface area contributed by atoms with Gasteiger partial charge in [0.2, 0.25) is 5.88 Å². The van der Waals surface area contributed by atoms with Gasteiger partial charge in [-0.05, 0) is 19.1 Å². The van der Waals surface area contributed by atoms with Gasteiger partial charge in [-0.3, -0.25) is 14.8 Å². The second-order valence-corrected chi connectivity index (χ2v) is 4.80. The molecule has 0 aliphatic rings. The third-order valence-corrected chi connectivity index (χ3v) is 2.88. The van der Waals surface area contributed by atoms with Gasteiger partial charge in [-0.1, -0.05) is 6.07 Å². The lowest BCUT2D eigenvalue weighted by molar-refractivity contribution is 0.102. The summed E-state index contributed by atoms with van der Waals surface area (Å²) in [5, 5.41) is 2.58. The van der Waals surface area contributed by atoms with Crippen molar-refractivity contribution >= 4 is 11.7 Å². The van der Waals surface area contributed by atoms with Crippen LogP contribution in [0.2, 0.25) is 0 Å². The van der Waals surface area contributed by atoms with Crippen molar-refractivity contribution in [2.24, 2.45) is 0 Å². The average molecular weight is 325 g/mol. The van der Waals surface area contributed by atoms with Crippen molar-refractivity contribution in [3.8, 4) is 11.6 Å². The maximum atomic E-state index is 13.1. The third kappa shape index (κ3) is 3.86. The quantitative estimate of drug-likeness (QED) is 0.793. The summed E-state index contributed by atoms with van der Waals surface area (Å²) >= 11 is 0. The van der Waals surface area contributed by atoms with Crippen molar-refractivity contribution in [2.45, 2.75) is 6.92 Å². The molecule has 8 heteroatoms. The molecule has 120 valence electrons. The summed E-state index contributed by atoms with van der Waals surface area (Å²) in [5.41, 5.74) is 0.988. The highest BCUT2D eigenvalue weighted by molar-refractivity contribution is 6.02. The highest BCUT2D eigenvalue weighted by atomic mass is 19.1. The van der Waals surface area contributed by atoms with Gasteiger partial charge < -0.3 is 10.1 Å². The van der Waals surface area contributed by atoms with Crippen LogP contribution >= 0.6 is 0 Å². The fraction of sp³-hybridized carbons (Fsp3) is 0.0625. The Kier molecular flexibility index (Phi) is 4.37. The van der Waals surface area contributed by atoms with E-state index in [2.05, 4.69) is 25.3 Å². The monoisotopic (exact) mass is 325 g/mol. The van der Waals surface area contributed by atoms with Crippen LogP contribution in [0.15, 0.2) is 49.1 Å². The molecule has 0 aliphatic carbocycles. The van der Waals surface area contributed by atoms with Crippen molar-refractivity contribution in [2.75, 3.05) is 5.32 Å². The Morgan fingerprint density at radius 3 is 2.75 bits per heavy atom. The first-order valence-electron chi connectivity index (χ1n) is 6.95. The topological polar surface area (TPSA) is 89.9 Å². The molecule has 0 radical (unpaired) electrons. The van der Waals surface area contributed by atoms with Crippen molar-refractivity contribution in [1.82, 2.24) is 19.9 Å². The van der Waals surface area contributed by atoms with E-state index in [9.17, 15) is 9.18 Å². The molecule has 3 aromatic rings. The zero-order valence-corrected chi connectivity index (χ0v) is 12.6. The lowest BCUT2D eigenvalue weighted by atomic mass is 10.3. The average Bonchev–Trinajstić information content (AvgIpc) is 2.55. The maximum Gasteiger partial charge on any atom is 0.275 e. The SMILES string of the molecule is Cc1cccc(C(=O)Nc2cncc(Oc3cncc(F)c3)n2)n1. The largest absolute Gasteiger partial charge is 0.436 e. The predicted octanol–water partition coefficient (Wildman–Crippen LogP) is 2.76. The first kappa shape index (κ1) is 15.5. The maximum absolute atomic E-state index is 13.1. The Labute approximate surface area is 136 Å². The van der Waals surface area contributed by atoms with Crippen LogP contribution in [0.25, 0.3) is 0 Å². The molecule has 0 fully saturated rings. The number of nitrogens with one attached hydrogen (secondary N) is 1. The molecule has 0 unspecified atom stereocenters. The number of hydrogen-bond acceptors (Lipinski definition) is 6. The van der Waals surface area contributed by atoms with Crippen LogP contribution in [-0.4, -0.2) is 25.8 Å². The van der Waals surface area contributed by atoms with Gasteiger partial charge >= 0.3 is 0 Å². The molecule has 0 saturated heterocycles. The number of aryl methyl sites for hydroxylation is 1. The number of pyridine rings is 2. The Balaban J connectivity index is 1.74. The summed E-state index contributed by atoms with van der Waals surface area (Å²) in [6.07, 6.45) is 5.10. The van der Waals surface area contributed by atoms with Crippen LogP contribution < -0.4 is 10.1 Å². The number of aromatic nitrogens is 4. The minimum Gasteiger partial charge on any atom is -0.436 e. The van der Waals surface area contributed by atoms with Gasteiger partial charge in [-0.15, -0.1) is 0 Å². The predicted molar refractivity (Wildman–Crippen MR) is 83.2 cm³/mol. The van der Waals surface area contributed by atoms with Crippen LogP contribution in [0.4, 0.5) is 10.2 Å². The summed E-state index contributed by atoms with van der Waals surface area (Å²) in [7, 11) is 0.